The van der Waals surface area contributed by atoms with Crippen LogP contribution in [0.2, 0.25) is 0 Å². The minimum Gasteiger partial charge on any atom is -0.446 e. The molecule has 0 amide bonds. The third kappa shape index (κ3) is 3.57. The number of halogens is 4. The molecule has 0 radical (unpaired) electrons. The fourth-order valence-corrected chi connectivity index (χ4v) is 7.44. The van der Waals surface area contributed by atoms with Crippen LogP contribution in [0.5, 0.6) is 0 Å². The number of hydrogen-bond donors (Lipinski definition) is 1. The van der Waals surface area contributed by atoms with Crippen LogP contribution >= 0.6 is 34.8 Å². The summed E-state index contributed by atoms with van der Waals surface area (Å²) in [6, 6.07) is -0.448. The highest BCUT2D eigenvalue weighted by molar-refractivity contribution is 6.53. The third-order valence-corrected chi connectivity index (χ3v) is 9.03. The molecular formula is C23H26Cl3FO6. The summed E-state index contributed by atoms with van der Waals surface area (Å²) in [5, 5.41) is 11.4. The van der Waals surface area contributed by atoms with E-state index in [2.05, 4.69) is 0 Å². The van der Waals surface area contributed by atoms with Crippen LogP contribution in [0.25, 0.3) is 0 Å². The Labute approximate surface area is 206 Å². The van der Waals surface area contributed by atoms with E-state index < -0.39 is 51.5 Å². The summed E-state index contributed by atoms with van der Waals surface area (Å²) in [5.74, 6) is -3.08. The quantitative estimate of drug-likeness (QED) is 0.442. The standard InChI is InChI=1S/C23H26Cl3FO6/c1-21-5-3-11(28)7-14(21)15(27)8-12-13-4-6-23(20(31)32-10-24,33-19(30)18(25)26)22(13,2)9-16(29)17(12)21/h3,5,7,12-13,15-18,29H,4,6,8-10H2,1-2H3/t12-,13-,15-,16-,17+,21-,22-,23-/m0/s1. The average Bonchev–Trinajstić information content (AvgIpc) is 3.02. The smallest absolute Gasteiger partial charge is 0.352 e. The van der Waals surface area contributed by atoms with Crippen molar-refractivity contribution >= 4 is 52.5 Å². The first kappa shape index (κ1) is 25.0. The molecule has 0 spiro atoms. The van der Waals surface area contributed by atoms with Crippen molar-refractivity contribution in [1.82, 2.24) is 0 Å². The van der Waals surface area contributed by atoms with Crippen LogP contribution < -0.4 is 0 Å². The molecule has 4 aliphatic rings. The van der Waals surface area contributed by atoms with Crippen LogP contribution in [0.1, 0.15) is 39.5 Å². The summed E-state index contributed by atoms with van der Waals surface area (Å²) >= 11 is 17.1. The Kier molecular flexibility index (Phi) is 6.43. The Hall–Kier alpha value is -1.15. The highest BCUT2D eigenvalue weighted by atomic mass is 35.5. The van der Waals surface area contributed by atoms with Gasteiger partial charge in [-0.15, -0.1) is 0 Å². The zero-order valence-corrected chi connectivity index (χ0v) is 20.5. The Morgan fingerprint density at radius 2 is 2.03 bits per heavy atom. The van der Waals surface area contributed by atoms with Crippen LogP contribution in [0.15, 0.2) is 23.8 Å². The molecule has 0 heterocycles. The van der Waals surface area contributed by atoms with Crippen LogP contribution in [-0.2, 0) is 23.9 Å². The number of carbonyl (C=O) groups is 3. The van der Waals surface area contributed by atoms with E-state index in [0.29, 0.717) is 12.0 Å². The maximum Gasteiger partial charge on any atom is 0.352 e. The van der Waals surface area contributed by atoms with Crippen molar-refractivity contribution in [3.05, 3.63) is 23.8 Å². The number of rotatable bonds is 4. The van der Waals surface area contributed by atoms with Gasteiger partial charge < -0.3 is 14.6 Å². The monoisotopic (exact) mass is 522 g/mol. The molecule has 3 saturated carbocycles. The molecule has 6 nitrogen and oxygen atoms in total. The lowest BCUT2D eigenvalue weighted by Crippen LogP contribution is -2.63. The number of ether oxygens (including phenoxy) is 2. The fourth-order valence-electron chi connectivity index (χ4n) is 7.25. The molecule has 0 saturated heterocycles. The summed E-state index contributed by atoms with van der Waals surface area (Å²) < 4.78 is 26.2. The van der Waals surface area contributed by atoms with Crippen LogP contribution in [0, 0.1) is 28.6 Å². The second-order valence-corrected chi connectivity index (χ2v) is 11.2. The summed E-state index contributed by atoms with van der Waals surface area (Å²) in [6.07, 6.45) is 2.84. The molecule has 0 aromatic heterocycles. The predicted molar refractivity (Wildman–Crippen MR) is 119 cm³/mol. The Balaban J connectivity index is 1.78. The van der Waals surface area contributed by atoms with E-state index in [9.17, 15) is 19.5 Å². The largest absolute Gasteiger partial charge is 0.446 e. The van der Waals surface area contributed by atoms with E-state index >= 15 is 4.39 Å². The second-order valence-electron chi connectivity index (χ2n) is 9.93. The molecule has 33 heavy (non-hydrogen) atoms. The van der Waals surface area contributed by atoms with Crippen molar-refractivity contribution in [2.24, 2.45) is 28.6 Å². The number of alkyl halides is 4. The van der Waals surface area contributed by atoms with Gasteiger partial charge in [0.15, 0.2) is 11.8 Å². The van der Waals surface area contributed by atoms with Gasteiger partial charge in [-0.2, -0.15) is 0 Å². The Bertz CT molecular complexity index is 937. The van der Waals surface area contributed by atoms with Crippen molar-refractivity contribution in [3.8, 4) is 0 Å². The molecular weight excluding hydrogens is 498 g/mol. The predicted octanol–water partition coefficient (Wildman–Crippen LogP) is 4.04. The lowest BCUT2D eigenvalue weighted by atomic mass is 9.46. The van der Waals surface area contributed by atoms with Crippen molar-refractivity contribution in [3.63, 3.8) is 0 Å². The molecule has 0 bridgehead atoms. The number of ketones is 1. The normalized spacial score (nSPS) is 43.9. The van der Waals surface area contributed by atoms with Gasteiger partial charge in [0.25, 0.3) is 0 Å². The fraction of sp³-hybridized carbons (Fsp3) is 0.696. The minimum absolute atomic E-state index is 0.0900. The number of aliphatic hydroxyl groups excluding tert-OH is 1. The highest BCUT2D eigenvalue weighted by Gasteiger charge is 2.72. The number of fused-ring (bicyclic) bond motifs is 5. The number of hydrogen-bond acceptors (Lipinski definition) is 6. The van der Waals surface area contributed by atoms with Gasteiger partial charge >= 0.3 is 11.9 Å². The van der Waals surface area contributed by atoms with Gasteiger partial charge in [0.1, 0.15) is 6.17 Å². The summed E-state index contributed by atoms with van der Waals surface area (Å²) in [6.45, 7) is 3.60. The van der Waals surface area contributed by atoms with Gasteiger partial charge in [-0.3, -0.25) is 4.79 Å². The van der Waals surface area contributed by atoms with E-state index in [1.165, 1.54) is 12.2 Å². The molecule has 182 valence electrons. The molecule has 0 aliphatic heterocycles. The molecule has 1 N–H and O–H groups in total. The maximum atomic E-state index is 15.4. The molecule has 4 rings (SSSR count). The van der Waals surface area contributed by atoms with Gasteiger partial charge in [-0.05, 0) is 55.2 Å². The Morgan fingerprint density at radius 1 is 1.33 bits per heavy atom. The van der Waals surface area contributed by atoms with E-state index in [-0.39, 0.29) is 42.8 Å². The van der Waals surface area contributed by atoms with Crippen LogP contribution in [0.3, 0.4) is 0 Å². The van der Waals surface area contributed by atoms with Crippen molar-refractivity contribution < 1.29 is 33.4 Å². The summed E-state index contributed by atoms with van der Waals surface area (Å²) in [7, 11) is 0. The summed E-state index contributed by atoms with van der Waals surface area (Å²) in [5.41, 5.74) is -3.30. The molecule has 4 aliphatic carbocycles. The first-order valence-electron chi connectivity index (χ1n) is 10.9. The molecule has 0 aromatic carbocycles. The number of carbonyl (C=O) groups excluding carboxylic acids is 3. The maximum absolute atomic E-state index is 15.4. The van der Waals surface area contributed by atoms with E-state index in [1.54, 1.807) is 13.0 Å². The molecule has 0 aromatic rings. The van der Waals surface area contributed by atoms with Gasteiger partial charge in [0.05, 0.1) is 6.10 Å². The molecule has 0 unspecified atom stereocenters. The second kappa shape index (κ2) is 8.51. The van der Waals surface area contributed by atoms with Crippen LogP contribution in [-0.4, -0.2) is 51.6 Å². The van der Waals surface area contributed by atoms with Crippen molar-refractivity contribution in [2.45, 2.75) is 62.2 Å². The number of aliphatic hydroxyl groups is 1. The topological polar surface area (TPSA) is 89.9 Å². The van der Waals surface area contributed by atoms with Crippen LogP contribution in [0.4, 0.5) is 4.39 Å². The number of allylic oxidation sites excluding steroid dienone is 4. The lowest BCUT2D eigenvalue weighted by molar-refractivity contribution is -0.212. The number of esters is 2. The van der Waals surface area contributed by atoms with E-state index in [4.69, 9.17) is 44.3 Å². The lowest BCUT2D eigenvalue weighted by Gasteiger charge is -2.60. The van der Waals surface area contributed by atoms with Gasteiger partial charge in [0, 0.05) is 16.7 Å². The van der Waals surface area contributed by atoms with E-state index in [0.717, 1.165) is 0 Å². The SMILES string of the molecule is C[C@]12C=CC(=O)C=C1[C@@H](F)C[C@@H]1[C@@H]2[C@@H](O)C[C@@]2(C)[C@H]1CC[C@]2(OC(=O)C(Cl)Cl)C(=O)OCCl. The molecule has 10 heteroatoms. The van der Waals surface area contributed by atoms with Gasteiger partial charge in [-0.1, -0.05) is 54.7 Å². The van der Waals surface area contributed by atoms with E-state index in [1.807, 2.05) is 6.92 Å². The molecule has 8 atom stereocenters. The molecule has 3 fully saturated rings. The first-order chi connectivity index (χ1) is 15.4. The average molecular weight is 524 g/mol. The highest BCUT2D eigenvalue weighted by Crippen LogP contribution is 2.68. The first-order valence-corrected chi connectivity index (χ1v) is 12.3. The summed E-state index contributed by atoms with van der Waals surface area (Å²) in [4.78, 5) is 36.0. The Morgan fingerprint density at radius 3 is 2.67 bits per heavy atom. The van der Waals surface area contributed by atoms with Gasteiger partial charge in [-0.25, -0.2) is 14.0 Å². The van der Waals surface area contributed by atoms with Crippen molar-refractivity contribution in [1.29, 1.82) is 0 Å². The zero-order chi connectivity index (χ0) is 24.3. The third-order valence-electron chi connectivity index (χ3n) is 8.57. The minimum atomic E-state index is -1.77. The van der Waals surface area contributed by atoms with Gasteiger partial charge in [0.2, 0.25) is 10.4 Å². The zero-order valence-electron chi connectivity index (χ0n) is 18.2. The van der Waals surface area contributed by atoms with Crippen molar-refractivity contribution in [2.75, 3.05) is 6.07 Å².